The minimum Gasteiger partial charge on any atom is -0.492 e. The molecule has 2 rings (SSSR count). The topological polar surface area (TPSA) is 107 Å². The Labute approximate surface area is 116 Å². The summed E-state index contributed by atoms with van der Waals surface area (Å²) in [5, 5.41) is 3.61. The van der Waals surface area contributed by atoms with Crippen LogP contribution in [0.2, 0.25) is 0 Å². The molecule has 0 amide bonds. The molecule has 108 valence electrons. The molecule has 1 aromatic carbocycles. The Balaban J connectivity index is 1.76. The molecule has 0 bridgehead atoms. The van der Waals surface area contributed by atoms with Crippen molar-refractivity contribution in [1.82, 2.24) is 9.88 Å². The van der Waals surface area contributed by atoms with Crippen LogP contribution in [0.25, 0.3) is 0 Å². The molecule has 0 spiro atoms. The summed E-state index contributed by atoms with van der Waals surface area (Å²) in [6, 6.07) is 8.34. The maximum Gasteiger partial charge on any atom is 0.215 e. The SMILES string of the molecule is Nc1ccc(OCCS(=O)(=O)NCc2ccon2)cc1. The van der Waals surface area contributed by atoms with Gasteiger partial charge in [-0.3, -0.25) is 0 Å². The van der Waals surface area contributed by atoms with Crippen LogP contribution in [-0.4, -0.2) is 25.9 Å². The van der Waals surface area contributed by atoms with Crippen molar-refractivity contribution in [3.63, 3.8) is 0 Å². The molecule has 3 N–H and O–H groups in total. The molecule has 0 saturated heterocycles. The lowest BCUT2D eigenvalue weighted by molar-refractivity contribution is 0.340. The summed E-state index contributed by atoms with van der Waals surface area (Å²) >= 11 is 0. The number of ether oxygens (including phenoxy) is 1. The molecule has 0 aliphatic rings. The zero-order chi connectivity index (χ0) is 14.4. The Bertz CT molecular complexity index is 623. The number of anilines is 1. The third kappa shape index (κ3) is 4.56. The van der Waals surface area contributed by atoms with Crippen molar-refractivity contribution >= 4 is 15.7 Å². The molecule has 0 aliphatic carbocycles. The summed E-state index contributed by atoms with van der Waals surface area (Å²) in [6.45, 7) is 0.152. The molecular weight excluding hydrogens is 282 g/mol. The minimum atomic E-state index is -3.42. The highest BCUT2D eigenvalue weighted by molar-refractivity contribution is 7.89. The average Bonchev–Trinajstić information content (AvgIpc) is 2.92. The van der Waals surface area contributed by atoms with Crippen molar-refractivity contribution in [2.24, 2.45) is 0 Å². The summed E-state index contributed by atoms with van der Waals surface area (Å²) in [6.07, 6.45) is 1.38. The van der Waals surface area contributed by atoms with Crippen molar-refractivity contribution in [2.45, 2.75) is 6.54 Å². The molecule has 2 aromatic rings. The standard InChI is InChI=1S/C12H15N3O4S/c13-10-1-3-12(4-2-10)18-7-8-20(16,17)14-9-11-5-6-19-15-11/h1-6,14H,7-9,13H2. The van der Waals surface area contributed by atoms with Gasteiger partial charge in [0.05, 0.1) is 18.0 Å². The first-order valence-electron chi connectivity index (χ1n) is 5.90. The number of nitrogen functional groups attached to an aromatic ring is 1. The van der Waals surface area contributed by atoms with Crippen LogP contribution in [0.5, 0.6) is 5.75 Å². The number of rotatable bonds is 7. The molecule has 0 aliphatic heterocycles. The number of hydrogen-bond donors (Lipinski definition) is 2. The highest BCUT2D eigenvalue weighted by Gasteiger charge is 2.11. The third-order valence-electron chi connectivity index (χ3n) is 2.47. The molecule has 1 aromatic heterocycles. The fourth-order valence-corrected chi connectivity index (χ4v) is 2.23. The highest BCUT2D eigenvalue weighted by Crippen LogP contribution is 2.12. The van der Waals surface area contributed by atoms with Gasteiger partial charge in [-0.25, -0.2) is 13.1 Å². The molecule has 8 heteroatoms. The van der Waals surface area contributed by atoms with E-state index in [2.05, 4.69) is 14.4 Å². The van der Waals surface area contributed by atoms with Crippen LogP contribution >= 0.6 is 0 Å². The van der Waals surface area contributed by atoms with E-state index in [-0.39, 0.29) is 18.9 Å². The van der Waals surface area contributed by atoms with E-state index in [9.17, 15) is 8.42 Å². The smallest absolute Gasteiger partial charge is 0.215 e. The van der Waals surface area contributed by atoms with Gasteiger partial charge in [0.15, 0.2) is 0 Å². The molecule has 0 saturated carbocycles. The molecule has 0 unspecified atom stereocenters. The van der Waals surface area contributed by atoms with E-state index in [1.54, 1.807) is 30.3 Å². The average molecular weight is 297 g/mol. The van der Waals surface area contributed by atoms with E-state index in [0.717, 1.165) is 0 Å². The number of nitrogens with zero attached hydrogens (tertiary/aromatic N) is 1. The van der Waals surface area contributed by atoms with Crippen molar-refractivity contribution in [3.05, 3.63) is 42.3 Å². The Morgan fingerprint density at radius 1 is 1.25 bits per heavy atom. The van der Waals surface area contributed by atoms with Gasteiger partial charge in [0.2, 0.25) is 10.0 Å². The van der Waals surface area contributed by atoms with E-state index in [1.807, 2.05) is 0 Å². The largest absolute Gasteiger partial charge is 0.492 e. The normalized spacial score (nSPS) is 11.4. The van der Waals surface area contributed by atoms with Crippen LogP contribution in [0.3, 0.4) is 0 Å². The molecular formula is C12H15N3O4S. The zero-order valence-electron chi connectivity index (χ0n) is 10.7. The molecule has 7 nitrogen and oxygen atoms in total. The number of hydrogen-bond acceptors (Lipinski definition) is 6. The molecule has 0 atom stereocenters. The second-order valence-corrected chi connectivity index (χ2v) is 5.97. The summed E-state index contributed by atoms with van der Waals surface area (Å²) in [4.78, 5) is 0. The van der Waals surface area contributed by atoms with Gasteiger partial charge in [-0.05, 0) is 24.3 Å². The lowest BCUT2D eigenvalue weighted by Crippen LogP contribution is -2.28. The zero-order valence-corrected chi connectivity index (χ0v) is 11.5. The van der Waals surface area contributed by atoms with Crippen molar-refractivity contribution in [3.8, 4) is 5.75 Å². The van der Waals surface area contributed by atoms with Crippen LogP contribution in [-0.2, 0) is 16.6 Å². The maximum absolute atomic E-state index is 11.7. The number of benzene rings is 1. The molecule has 20 heavy (non-hydrogen) atoms. The second kappa shape index (κ2) is 6.40. The van der Waals surface area contributed by atoms with Gasteiger partial charge in [0, 0.05) is 11.8 Å². The van der Waals surface area contributed by atoms with Gasteiger partial charge in [0.25, 0.3) is 0 Å². The van der Waals surface area contributed by atoms with Gasteiger partial charge in [-0.15, -0.1) is 0 Å². The fourth-order valence-electron chi connectivity index (χ4n) is 1.42. The lowest BCUT2D eigenvalue weighted by atomic mass is 10.3. The van der Waals surface area contributed by atoms with Gasteiger partial charge >= 0.3 is 0 Å². The number of sulfonamides is 1. The first kappa shape index (κ1) is 14.4. The van der Waals surface area contributed by atoms with E-state index in [4.69, 9.17) is 10.5 Å². The first-order chi connectivity index (χ1) is 9.55. The molecule has 1 heterocycles. The van der Waals surface area contributed by atoms with Crippen LogP contribution in [0.4, 0.5) is 5.69 Å². The Morgan fingerprint density at radius 2 is 2.00 bits per heavy atom. The van der Waals surface area contributed by atoms with Gasteiger partial charge < -0.3 is 15.0 Å². The minimum absolute atomic E-state index is 0.0536. The number of aromatic nitrogens is 1. The highest BCUT2D eigenvalue weighted by atomic mass is 32.2. The van der Waals surface area contributed by atoms with Crippen molar-refractivity contribution < 1.29 is 17.7 Å². The number of nitrogens with one attached hydrogen (secondary N) is 1. The van der Waals surface area contributed by atoms with Crippen LogP contribution < -0.4 is 15.2 Å². The Kier molecular flexibility index (Phi) is 4.59. The first-order valence-corrected chi connectivity index (χ1v) is 7.55. The predicted molar refractivity (Wildman–Crippen MR) is 73.5 cm³/mol. The maximum atomic E-state index is 11.7. The van der Waals surface area contributed by atoms with Crippen molar-refractivity contribution in [1.29, 1.82) is 0 Å². The van der Waals surface area contributed by atoms with Crippen molar-refractivity contribution in [2.75, 3.05) is 18.1 Å². The van der Waals surface area contributed by atoms with Gasteiger partial charge in [-0.2, -0.15) is 0 Å². The van der Waals surface area contributed by atoms with E-state index in [0.29, 0.717) is 17.1 Å². The number of nitrogens with two attached hydrogens (primary N) is 1. The van der Waals surface area contributed by atoms with E-state index < -0.39 is 10.0 Å². The monoisotopic (exact) mass is 297 g/mol. The quantitative estimate of drug-likeness (QED) is 0.730. The summed E-state index contributed by atoms with van der Waals surface area (Å²) in [5.74, 6) is 0.431. The Hall–Kier alpha value is -2.06. The molecule has 0 radical (unpaired) electrons. The van der Waals surface area contributed by atoms with Crippen LogP contribution in [0, 0.1) is 0 Å². The van der Waals surface area contributed by atoms with Crippen LogP contribution in [0.1, 0.15) is 5.69 Å². The van der Waals surface area contributed by atoms with Gasteiger partial charge in [-0.1, -0.05) is 5.16 Å². The predicted octanol–water partition coefficient (Wildman–Crippen LogP) is 0.755. The second-order valence-electron chi connectivity index (χ2n) is 4.05. The third-order valence-corrected chi connectivity index (χ3v) is 3.75. The van der Waals surface area contributed by atoms with E-state index in [1.165, 1.54) is 6.26 Å². The summed E-state index contributed by atoms with van der Waals surface area (Å²) in [7, 11) is -3.42. The fraction of sp³-hybridized carbons (Fsp3) is 0.250. The summed E-state index contributed by atoms with van der Waals surface area (Å²) in [5.41, 5.74) is 6.68. The summed E-state index contributed by atoms with van der Waals surface area (Å²) < 4.78 is 35.7. The van der Waals surface area contributed by atoms with E-state index >= 15 is 0 Å². The molecule has 0 fully saturated rings. The Morgan fingerprint density at radius 3 is 2.65 bits per heavy atom. The van der Waals surface area contributed by atoms with Crippen LogP contribution in [0.15, 0.2) is 41.1 Å². The van der Waals surface area contributed by atoms with Gasteiger partial charge in [0.1, 0.15) is 18.6 Å². The lowest BCUT2D eigenvalue weighted by Gasteiger charge is -2.07.